The molecule has 1 heterocycles. The third-order valence-corrected chi connectivity index (χ3v) is 5.87. The van der Waals surface area contributed by atoms with E-state index in [2.05, 4.69) is 15.6 Å². The number of para-hydroxylation sites is 1. The van der Waals surface area contributed by atoms with Gasteiger partial charge in [0.2, 0.25) is 0 Å². The first kappa shape index (κ1) is 27.6. The summed E-state index contributed by atoms with van der Waals surface area (Å²) in [5, 5.41) is 16.7. The number of aliphatic carboxylic acids is 1. The first-order valence-electron chi connectivity index (χ1n) is 11.6. The van der Waals surface area contributed by atoms with Gasteiger partial charge in [0, 0.05) is 35.8 Å². The summed E-state index contributed by atoms with van der Waals surface area (Å²) in [6.07, 6.45) is 2.19. The number of aryl methyl sites for hydroxylation is 1. The molecule has 0 radical (unpaired) electrons. The molecule has 4 N–H and O–H groups in total. The van der Waals surface area contributed by atoms with E-state index in [1.54, 1.807) is 12.1 Å². The highest BCUT2D eigenvalue weighted by Crippen LogP contribution is 2.28. The molecule has 0 fully saturated rings. The number of carboxylic acids is 1. The molecule has 0 aliphatic carbocycles. The Labute approximate surface area is 221 Å². The standard InChI is InChI=1S/C28H29N3O5.ClH/c1-18-7-10-21(11-8-18)31-27(32)17-36-25-12-9-19(13-26(25)35-2)15-29-24(28(33)34)14-20-16-30-23-6-4-3-5-22(20)23;/h3-13,16,24,29-30H,14-15,17H2,1-2H3,(H,31,32)(H,33,34);1H. The molecule has 0 bridgehead atoms. The molecular formula is C28H30ClN3O5. The Hall–Kier alpha value is -4.01. The second kappa shape index (κ2) is 12.8. The van der Waals surface area contributed by atoms with Gasteiger partial charge in [-0.3, -0.25) is 9.59 Å². The number of H-pyrrole nitrogens is 1. The maximum Gasteiger partial charge on any atom is 0.321 e. The molecule has 37 heavy (non-hydrogen) atoms. The Bertz CT molecular complexity index is 1350. The van der Waals surface area contributed by atoms with Crippen LogP contribution in [0.15, 0.2) is 72.9 Å². The highest BCUT2D eigenvalue weighted by molar-refractivity contribution is 5.92. The molecule has 0 spiro atoms. The number of hydrogen-bond acceptors (Lipinski definition) is 5. The summed E-state index contributed by atoms with van der Waals surface area (Å²) < 4.78 is 11.1. The van der Waals surface area contributed by atoms with Crippen LogP contribution in [0, 0.1) is 6.92 Å². The van der Waals surface area contributed by atoms with Gasteiger partial charge in [0.05, 0.1) is 7.11 Å². The summed E-state index contributed by atoms with van der Waals surface area (Å²) in [5.74, 6) is -0.324. The molecule has 1 amide bonds. The lowest BCUT2D eigenvalue weighted by Crippen LogP contribution is -2.38. The fourth-order valence-electron chi connectivity index (χ4n) is 3.93. The van der Waals surface area contributed by atoms with E-state index in [0.717, 1.165) is 27.6 Å². The summed E-state index contributed by atoms with van der Waals surface area (Å²) in [4.78, 5) is 27.3. The van der Waals surface area contributed by atoms with Crippen molar-refractivity contribution in [1.29, 1.82) is 0 Å². The van der Waals surface area contributed by atoms with Crippen molar-refractivity contribution in [3.8, 4) is 11.5 Å². The number of hydrogen-bond donors (Lipinski definition) is 4. The monoisotopic (exact) mass is 523 g/mol. The largest absolute Gasteiger partial charge is 0.493 e. The third kappa shape index (κ3) is 7.25. The van der Waals surface area contributed by atoms with Crippen molar-refractivity contribution in [2.75, 3.05) is 19.0 Å². The van der Waals surface area contributed by atoms with Crippen molar-refractivity contribution < 1.29 is 24.2 Å². The topological polar surface area (TPSA) is 113 Å². The van der Waals surface area contributed by atoms with Gasteiger partial charge >= 0.3 is 5.97 Å². The molecule has 0 aliphatic heterocycles. The van der Waals surface area contributed by atoms with Crippen molar-refractivity contribution in [3.05, 3.63) is 89.6 Å². The minimum atomic E-state index is -0.924. The van der Waals surface area contributed by atoms with Crippen molar-refractivity contribution >= 4 is 40.9 Å². The molecule has 4 rings (SSSR count). The van der Waals surface area contributed by atoms with Crippen LogP contribution in [0.5, 0.6) is 11.5 Å². The number of anilines is 1. The maximum absolute atomic E-state index is 12.2. The Morgan fingerprint density at radius 2 is 1.78 bits per heavy atom. The number of fused-ring (bicyclic) bond motifs is 1. The van der Waals surface area contributed by atoms with Crippen molar-refractivity contribution in [2.45, 2.75) is 25.9 Å². The van der Waals surface area contributed by atoms with Gasteiger partial charge in [0.25, 0.3) is 5.91 Å². The van der Waals surface area contributed by atoms with E-state index in [0.29, 0.717) is 30.2 Å². The Morgan fingerprint density at radius 3 is 2.51 bits per heavy atom. The molecule has 1 aromatic heterocycles. The lowest BCUT2D eigenvalue weighted by atomic mass is 10.0. The van der Waals surface area contributed by atoms with E-state index in [1.807, 2.05) is 67.7 Å². The molecule has 1 unspecified atom stereocenters. The smallest absolute Gasteiger partial charge is 0.321 e. The molecule has 9 heteroatoms. The average molecular weight is 524 g/mol. The molecule has 0 aliphatic rings. The quantitative estimate of drug-likeness (QED) is 0.226. The summed E-state index contributed by atoms with van der Waals surface area (Å²) in [6.45, 7) is 2.13. The van der Waals surface area contributed by atoms with Crippen LogP contribution >= 0.6 is 12.4 Å². The first-order valence-corrected chi connectivity index (χ1v) is 11.6. The number of aromatic nitrogens is 1. The number of rotatable bonds is 11. The Balaban J connectivity index is 0.00000380. The van der Waals surface area contributed by atoms with Gasteiger partial charge in [-0.05, 0) is 48.4 Å². The fraction of sp³-hybridized carbons (Fsp3) is 0.214. The molecule has 8 nitrogen and oxygen atoms in total. The van der Waals surface area contributed by atoms with Crippen LogP contribution in [0.3, 0.4) is 0 Å². The number of halogens is 1. The zero-order chi connectivity index (χ0) is 25.5. The minimum absolute atomic E-state index is 0. The average Bonchev–Trinajstić information content (AvgIpc) is 3.29. The Morgan fingerprint density at radius 1 is 1.03 bits per heavy atom. The van der Waals surface area contributed by atoms with Crippen molar-refractivity contribution in [3.63, 3.8) is 0 Å². The SMILES string of the molecule is COc1cc(CNC(Cc2c[nH]c3ccccc23)C(=O)O)ccc1OCC(=O)Nc1ccc(C)cc1.Cl. The van der Waals surface area contributed by atoms with Crippen LogP contribution in [0.2, 0.25) is 0 Å². The second-order valence-corrected chi connectivity index (χ2v) is 8.52. The van der Waals surface area contributed by atoms with Crippen LogP contribution in [-0.4, -0.2) is 41.7 Å². The van der Waals surface area contributed by atoms with Gasteiger partial charge in [-0.1, -0.05) is 42.0 Å². The lowest BCUT2D eigenvalue weighted by molar-refractivity contribution is -0.139. The van der Waals surface area contributed by atoms with Crippen LogP contribution in [0.25, 0.3) is 10.9 Å². The van der Waals surface area contributed by atoms with Gasteiger partial charge in [-0.2, -0.15) is 0 Å². The number of carbonyl (C=O) groups excluding carboxylic acids is 1. The number of amides is 1. The number of methoxy groups -OCH3 is 1. The third-order valence-electron chi connectivity index (χ3n) is 5.87. The second-order valence-electron chi connectivity index (χ2n) is 8.52. The maximum atomic E-state index is 12.2. The fourth-order valence-corrected chi connectivity index (χ4v) is 3.93. The van der Waals surface area contributed by atoms with Crippen LogP contribution in [-0.2, 0) is 22.6 Å². The van der Waals surface area contributed by atoms with Crippen molar-refractivity contribution in [2.24, 2.45) is 0 Å². The number of aromatic amines is 1. The summed E-state index contributed by atoms with van der Waals surface area (Å²) >= 11 is 0. The number of carboxylic acid groups (broad SMARTS) is 1. The number of ether oxygens (including phenoxy) is 2. The van der Waals surface area contributed by atoms with Gasteiger partial charge in [-0.25, -0.2) is 0 Å². The highest BCUT2D eigenvalue weighted by Gasteiger charge is 2.19. The van der Waals surface area contributed by atoms with Gasteiger partial charge in [0.15, 0.2) is 18.1 Å². The van der Waals surface area contributed by atoms with Gasteiger partial charge in [-0.15, -0.1) is 12.4 Å². The van der Waals surface area contributed by atoms with Gasteiger partial charge in [0.1, 0.15) is 6.04 Å². The minimum Gasteiger partial charge on any atom is -0.493 e. The summed E-state index contributed by atoms with van der Waals surface area (Å²) in [6, 6.07) is 19.8. The summed E-state index contributed by atoms with van der Waals surface area (Å²) in [5.41, 5.74) is 4.55. The molecule has 3 aromatic carbocycles. The lowest BCUT2D eigenvalue weighted by Gasteiger charge is -2.16. The van der Waals surface area contributed by atoms with E-state index in [1.165, 1.54) is 7.11 Å². The molecule has 194 valence electrons. The molecule has 4 aromatic rings. The highest BCUT2D eigenvalue weighted by atomic mass is 35.5. The van der Waals surface area contributed by atoms with Crippen LogP contribution in [0.4, 0.5) is 5.69 Å². The predicted molar refractivity (Wildman–Crippen MR) is 146 cm³/mol. The van der Waals surface area contributed by atoms with E-state index >= 15 is 0 Å². The zero-order valence-corrected chi connectivity index (χ0v) is 21.4. The number of nitrogens with one attached hydrogen (secondary N) is 3. The molecular weight excluding hydrogens is 494 g/mol. The zero-order valence-electron chi connectivity index (χ0n) is 20.6. The Kier molecular flexibility index (Phi) is 9.54. The van der Waals surface area contributed by atoms with E-state index in [4.69, 9.17) is 9.47 Å². The van der Waals surface area contributed by atoms with Gasteiger partial charge < -0.3 is 30.2 Å². The number of benzene rings is 3. The van der Waals surface area contributed by atoms with Crippen LogP contribution < -0.4 is 20.1 Å². The van der Waals surface area contributed by atoms with E-state index in [-0.39, 0.29) is 24.9 Å². The van der Waals surface area contributed by atoms with E-state index < -0.39 is 12.0 Å². The summed E-state index contributed by atoms with van der Waals surface area (Å²) in [7, 11) is 1.52. The van der Waals surface area contributed by atoms with E-state index in [9.17, 15) is 14.7 Å². The molecule has 0 saturated carbocycles. The van der Waals surface area contributed by atoms with Crippen LogP contribution in [0.1, 0.15) is 16.7 Å². The van der Waals surface area contributed by atoms with Crippen molar-refractivity contribution in [1.82, 2.24) is 10.3 Å². The molecule has 0 saturated heterocycles. The normalized spacial score (nSPS) is 11.4. The predicted octanol–water partition coefficient (Wildman–Crippen LogP) is 4.71. The molecule has 1 atom stereocenters. The number of carbonyl (C=O) groups is 2. The first-order chi connectivity index (χ1) is 17.4.